The average Bonchev–Trinajstić information content (AvgIpc) is 2.14. The van der Waals surface area contributed by atoms with Gasteiger partial charge >= 0.3 is 0 Å². The van der Waals surface area contributed by atoms with E-state index in [9.17, 15) is 0 Å². The summed E-state index contributed by atoms with van der Waals surface area (Å²) in [5.74, 6) is 0.528. The molecule has 0 radical (unpaired) electrons. The Bertz CT molecular complexity index is 185. The van der Waals surface area contributed by atoms with E-state index in [4.69, 9.17) is 0 Å². The van der Waals surface area contributed by atoms with Crippen molar-refractivity contribution in [2.24, 2.45) is 10.9 Å². The summed E-state index contributed by atoms with van der Waals surface area (Å²) in [6.45, 7) is 7.97. The molecule has 48 valence electrons. The number of aliphatic imine (C=N–C) groups is 1. The lowest BCUT2D eigenvalue weighted by Crippen LogP contribution is -1.99. The number of allylic oxidation sites excluding steroid dienone is 2. The van der Waals surface area contributed by atoms with Gasteiger partial charge in [-0.1, -0.05) is 20.4 Å². The zero-order valence-electron chi connectivity index (χ0n) is 5.89. The van der Waals surface area contributed by atoms with Gasteiger partial charge in [0, 0.05) is 5.71 Å². The summed E-state index contributed by atoms with van der Waals surface area (Å²) in [4.78, 5) is 4.20. The molecule has 0 aromatic carbocycles. The van der Waals surface area contributed by atoms with Crippen molar-refractivity contribution in [1.29, 1.82) is 0 Å². The van der Waals surface area contributed by atoms with E-state index in [-0.39, 0.29) is 0 Å². The van der Waals surface area contributed by atoms with Crippen LogP contribution in [0.3, 0.4) is 0 Å². The second kappa shape index (κ2) is 2.18. The predicted octanol–water partition coefficient (Wildman–Crippen LogP) is 2.17. The van der Waals surface area contributed by atoms with Gasteiger partial charge in [0.15, 0.2) is 0 Å². The van der Waals surface area contributed by atoms with E-state index in [1.807, 2.05) is 12.2 Å². The molecule has 0 saturated carbocycles. The molecule has 1 nitrogen and oxygen atoms in total. The number of rotatable bonds is 1. The van der Waals surface area contributed by atoms with Crippen LogP contribution in [-0.4, -0.2) is 5.71 Å². The zero-order chi connectivity index (χ0) is 6.85. The van der Waals surface area contributed by atoms with Crippen LogP contribution in [0.4, 0.5) is 0 Å². The number of hydrogen-bond donors (Lipinski definition) is 0. The molecule has 0 unspecified atom stereocenters. The third kappa shape index (κ3) is 1.28. The third-order valence-electron chi connectivity index (χ3n) is 1.31. The summed E-state index contributed by atoms with van der Waals surface area (Å²) in [5.41, 5.74) is 2.01. The van der Waals surface area contributed by atoms with Crippen LogP contribution in [0.2, 0.25) is 0 Å². The molecule has 0 amide bonds. The van der Waals surface area contributed by atoms with Gasteiger partial charge in [-0.05, 0) is 18.1 Å². The van der Waals surface area contributed by atoms with E-state index in [2.05, 4.69) is 25.4 Å². The quantitative estimate of drug-likeness (QED) is 0.504. The lowest BCUT2D eigenvalue weighted by atomic mass is 10.1. The van der Waals surface area contributed by atoms with E-state index in [0.29, 0.717) is 5.92 Å². The van der Waals surface area contributed by atoms with E-state index in [1.165, 1.54) is 0 Å². The molecule has 0 aliphatic carbocycles. The molecule has 0 fully saturated rings. The molecular weight excluding hydrogens is 110 g/mol. The van der Waals surface area contributed by atoms with Crippen molar-refractivity contribution in [2.75, 3.05) is 0 Å². The topological polar surface area (TPSA) is 12.4 Å². The smallest absolute Gasteiger partial charge is 0.0561 e. The first-order valence-electron chi connectivity index (χ1n) is 3.15. The third-order valence-corrected chi connectivity index (χ3v) is 1.31. The van der Waals surface area contributed by atoms with Crippen LogP contribution >= 0.6 is 0 Å². The van der Waals surface area contributed by atoms with Gasteiger partial charge in [0.25, 0.3) is 0 Å². The van der Waals surface area contributed by atoms with Crippen LogP contribution in [0.15, 0.2) is 29.4 Å². The Morgan fingerprint density at radius 3 is 2.33 bits per heavy atom. The summed E-state index contributed by atoms with van der Waals surface area (Å²) in [5, 5.41) is 0. The fraction of sp³-hybridized carbons (Fsp3) is 0.375. The minimum absolute atomic E-state index is 0.528. The van der Waals surface area contributed by atoms with Gasteiger partial charge in [-0.15, -0.1) is 0 Å². The van der Waals surface area contributed by atoms with Gasteiger partial charge in [0.1, 0.15) is 0 Å². The first-order chi connectivity index (χ1) is 4.20. The average molecular weight is 121 g/mol. The highest BCUT2D eigenvalue weighted by molar-refractivity contribution is 5.99. The van der Waals surface area contributed by atoms with Gasteiger partial charge < -0.3 is 0 Å². The van der Waals surface area contributed by atoms with Crippen LogP contribution in [0.25, 0.3) is 0 Å². The Balaban J connectivity index is 2.75. The summed E-state index contributed by atoms with van der Waals surface area (Å²) < 4.78 is 0. The summed E-state index contributed by atoms with van der Waals surface area (Å²) in [6, 6.07) is 0. The molecule has 0 N–H and O–H groups in total. The summed E-state index contributed by atoms with van der Waals surface area (Å²) in [6.07, 6.45) is 3.96. The lowest BCUT2D eigenvalue weighted by molar-refractivity contribution is 0.890. The van der Waals surface area contributed by atoms with E-state index in [1.54, 1.807) is 0 Å². The standard InChI is InChI=1S/C8H11N/c1-6(2)8-5-4-7(3)9-8/h4-6H,3H2,1-2H3. The minimum atomic E-state index is 0.528. The second-order valence-electron chi connectivity index (χ2n) is 2.52. The highest BCUT2D eigenvalue weighted by Gasteiger charge is 2.04. The maximum absolute atomic E-state index is 4.20. The van der Waals surface area contributed by atoms with Gasteiger partial charge in [0.05, 0.1) is 5.70 Å². The number of hydrogen-bond acceptors (Lipinski definition) is 1. The summed E-state index contributed by atoms with van der Waals surface area (Å²) >= 11 is 0. The van der Waals surface area contributed by atoms with Crippen molar-refractivity contribution < 1.29 is 0 Å². The fourth-order valence-electron chi connectivity index (χ4n) is 0.743. The maximum Gasteiger partial charge on any atom is 0.0561 e. The Hall–Kier alpha value is -0.850. The van der Waals surface area contributed by atoms with Gasteiger partial charge in [-0.3, -0.25) is 4.99 Å². The summed E-state index contributed by atoms with van der Waals surface area (Å²) in [7, 11) is 0. The molecule has 1 rings (SSSR count). The van der Waals surface area contributed by atoms with Crippen molar-refractivity contribution in [2.45, 2.75) is 13.8 Å². The minimum Gasteiger partial charge on any atom is -0.254 e. The molecule has 0 saturated heterocycles. The van der Waals surface area contributed by atoms with Crippen molar-refractivity contribution in [3.8, 4) is 0 Å². The second-order valence-corrected chi connectivity index (χ2v) is 2.52. The highest BCUT2D eigenvalue weighted by Crippen LogP contribution is 2.10. The molecule has 0 aromatic rings. The molecule has 9 heavy (non-hydrogen) atoms. The molecular formula is C8H11N. The maximum atomic E-state index is 4.20. The Morgan fingerprint density at radius 1 is 1.44 bits per heavy atom. The molecule has 1 aliphatic heterocycles. The largest absolute Gasteiger partial charge is 0.254 e. The van der Waals surface area contributed by atoms with E-state index >= 15 is 0 Å². The van der Waals surface area contributed by atoms with E-state index in [0.717, 1.165) is 11.4 Å². The van der Waals surface area contributed by atoms with Gasteiger partial charge in [0.2, 0.25) is 0 Å². The monoisotopic (exact) mass is 121 g/mol. The number of nitrogens with zero attached hydrogens (tertiary/aromatic N) is 1. The molecule has 1 aliphatic rings. The lowest BCUT2D eigenvalue weighted by Gasteiger charge is -1.98. The van der Waals surface area contributed by atoms with Crippen molar-refractivity contribution in [3.05, 3.63) is 24.4 Å². The molecule has 1 heteroatoms. The predicted molar refractivity (Wildman–Crippen MR) is 40.6 cm³/mol. The first kappa shape index (κ1) is 6.27. The van der Waals surface area contributed by atoms with Crippen molar-refractivity contribution >= 4 is 5.71 Å². The molecule has 0 atom stereocenters. The Morgan fingerprint density at radius 2 is 2.11 bits per heavy atom. The normalized spacial score (nSPS) is 17.2. The Labute approximate surface area is 55.8 Å². The molecule has 0 bridgehead atoms. The SMILES string of the molecule is C=C1C=CC(C(C)C)=N1. The van der Waals surface area contributed by atoms with Crippen molar-refractivity contribution in [1.82, 2.24) is 0 Å². The first-order valence-corrected chi connectivity index (χ1v) is 3.15. The van der Waals surface area contributed by atoms with Gasteiger partial charge in [-0.25, -0.2) is 0 Å². The molecule has 1 heterocycles. The van der Waals surface area contributed by atoms with E-state index < -0.39 is 0 Å². The van der Waals surface area contributed by atoms with Crippen LogP contribution < -0.4 is 0 Å². The van der Waals surface area contributed by atoms with Crippen LogP contribution in [-0.2, 0) is 0 Å². The van der Waals surface area contributed by atoms with Crippen LogP contribution in [0.5, 0.6) is 0 Å². The van der Waals surface area contributed by atoms with Crippen molar-refractivity contribution in [3.63, 3.8) is 0 Å². The molecule has 0 spiro atoms. The fourth-order valence-corrected chi connectivity index (χ4v) is 0.743. The highest BCUT2D eigenvalue weighted by atomic mass is 14.8. The van der Waals surface area contributed by atoms with Crippen LogP contribution in [0.1, 0.15) is 13.8 Å². The Kier molecular flexibility index (Phi) is 1.52. The zero-order valence-corrected chi connectivity index (χ0v) is 5.89. The molecule has 0 aromatic heterocycles. The van der Waals surface area contributed by atoms with Gasteiger partial charge in [-0.2, -0.15) is 0 Å². The van der Waals surface area contributed by atoms with Crippen LogP contribution in [0, 0.1) is 5.92 Å².